The molecule has 1 aromatic carbocycles. The Balaban J connectivity index is 2.23. The summed E-state index contributed by atoms with van der Waals surface area (Å²) in [5, 5.41) is 7.46. The summed E-state index contributed by atoms with van der Waals surface area (Å²) in [6.07, 6.45) is 1.83. The summed E-state index contributed by atoms with van der Waals surface area (Å²) in [6, 6.07) is 6.10. The number of nitrogens with two attached hydrogens (primary N) is 1. The number of amidine groups is 1. The summed E-state index contributed by atoms with van der Waals surface area (Å²) in [6.45, 7) is 1.84. The Labute approximate surface area is 107 Å². The summed E-state index contributed by atoms with van der Waals surface area (Å²) in [5.41, 5.74) is 6.33. The first kappa shape index (κ1) is 13.0. The molecule has 0 amide bonds. The SMILES string of the molecule is Cc1cccc(S(=O)(=O)NC(C(=N)N)C2CC2)c1. The molecular formula is C12H17N3O2S. The molecule has 0 bridgehead atoms. The Kier molecular flexibility index (Phi) is 3.41. The second-order valence-corrected chi connectivity index (χ2v) is 6.42. The fourth-order valence-corrected chi connectivity index (χ4v) is 3.25. The third-order valence-corrected chi connectivity index (χ3v) is 4.45. The minimum Gasteiger partial charge on any atom is -0.386 e. The predicted octanol–water partition coefficient (Wildman–Crippen LogP) is 0.988. The number of sulfonamides is 1. The van der Waals surface area contributed by atoms with E-state index in [2.05, 4.69) is 4.72 Å². The van der Waals surface area contributed by atoms with Gasteiger partial charge in [0.15, 0.2) is 0 Å². The van der Waals surface area contributed by atoms with E-state index in [0.717, 1.165) is 18.4 Å². The van der Waals surface area contributed by atoms with Gasteiger partial charge >= 0.3 is 0 Å². The average molecular weight is 267 g/mol. The van der Waals surface area contributed by atoms with Crippen LogP contribution in [0.3, 0.4) is 0 Å². The summed E-state index contributed by atoms with van der Waals surface area (Å²) >= 11 is 0. The summed E-state index contributed by atoms with van der Waals surface area (Å²) < 4.78 is 26.9. The van der Waals surface area contributed by atoms with E-state index in [1.807, 2.05) is 13.0 Å². The summed E-state index contributed by atoms with van der Waals surface area (Å²) in [5.74, 6) is 0.0517. The molecule has 1 aliphatic carbocycles. The Bertz CT molecular complexity index is 564. The van der Waals surface area contributed by atoms with Crippen molar-refractivity contribution in [3.05, 3.63) is 29.8 Å². The zero-order valence-electron chi connectivity index (χ0n) is 10.2. The van der Waals surface area contributed by atoms with Gasteiger partial charge in [-0.2, -0.15) is 0 Å². The number of aryl methyl sites for hydroxylation is 1. The largest absolute Gasteiger partial charge is 0.386 e. The maximum atomic E-state index is 12.2. The van der Waals surface area contributed by atoms with Crippen LogP contribution in [-0.2, 0) is 10.0 Å². The summed E-state index contributed by atoms with van der Waals surface area (Å²) in [4.78, 5) is 0.217. The zero-order valence-corrected chi connectivity index (χ0v) is 11.0. The minimum atomic E-state index is -3.60. The van der Waals surface area contributed by atoms with Crippen LogP contribution in [0.15, 0.2) is 29.2 Å². The maximum absolute atomic E-state index is 12.2. The standard InChI is InChI=1S/C12H17N3O2S/c1-8-3-2-4-10(7-8)18(16,17)15-11(12(13)14)9-5-6-9/h2-4,7,9,11,15H,5-6H2,1H3,(H3,13,14). The van der Waals surface area contributed by atoms with Crippen LogP contribution in [0.1, 0.15) is 18.4 Å². The Morgan fingerprint density at radius 3 is 2.67 bits per heavy atom. The van der Waals surface area contributed by atoms with Crippen LogP contribution in [0.2, 0.25) is 0 Å². The van der Waals surface area contributed by atoms with Crippen molar-refractivity contribution >= 4 is 15.9 Å². The highest BCUT2D eigenvalue weighted by atomic mass is 32.2. The van der Waals surface area contributed by atoms with E-state index in [-0.39, 0.29) is 16.6 Å². The van der Waals surface area contributed by atoms with Gasteiger partial charge in [0.2, 0.25) is 10.0 Å². The third-order valence-electron chi connectivity index (χ3n) is 3.01. The molecule has 6 heteroatoms. The molecule has 0 saturated heterocycles. The van der Waals surface area contributed by atoms with Crippen molar-refractivity contribution in [2.45, 2.75) is 30.7 Å². The second kappa shape index (κ2) is 4.70. The number of benzene rings is 1. The molecule has 0 aliphatic heterocycles. The van der Waals surface area contributed by atoms with E-state index < -0.39 is 16.1 Å². The van der Waals surface area contributed by atoms with Crippen molar-refractivity contribution in [1.82, 2.24) is 4.72 Å². The molecule has 0 heterocycles. The van der Waals surface area contributed by atoms with E-state index in [1.165, 1.54) is 0 Å². The van der Waals surface area contributed by atoms with Crippen molar-refractivity contribution in [3.63, 3.8) is 0 Å². The first-order valence-electron chi connectivity index (χ1n) is 5.83. The zero-order chi connectivity index (χ0) is 13.3. The molecule has 0 aromatic heterocycles. The van der Waals surface area contributed by atoms with Gasteiger partial charge in [0.1, 0.15) is 5.84 Å². The van der Waals surface area contributed by atoms with Gasteiger partial charge < -0.3 is 5.73 Å². The Hall–Kier alpha value is -1.40. The normalized spacial score (nSPS) is 17.4. The highest BCUT2D eigenvalue weighted by Crippen LogP contribution is 2.33. The van der Waals surface area contributed by atoms with Gasteiger partial charge in [-0.3, -0.25) is 5.41 Å². The smallest absolute Gasteiger partial charge is 0.241 e. The average Bonchev–Trinajstić information content (AvgIpc) is 3.09. The van der Waals surface area contributed by atoms with Gasteiger partial charge in [0.25, 0.3) is 0 Å². The molecule has 0 spiro atoms. The fraction of sp³-hybridized carbons (Fsp3) is 0.417. The molecule has 98 valence electrons. The van der Waals surface area contributed by atoms with E-state index in [1.54, 1.807) is 18.2 Å². The number of nitrogens with one attached hydrogen (secondary N) is 2. The molecule has 1 unspecified atom stereocenters. The van der Waals surface area contributed by atoms with E-state index >= 15 is 0 Å². The molecule has 1 fully saturated rings. The van der Waals surface area contributed by atoms with Crippen LogP contribution < -0.4 is 10.5 Å². The quantitative estimate of drug-likeness (QED) is 0.548. The first-order chi connectivity index (χ1) is 8.40. The van der Waals surface area contributed by atoms with Gasteiger partial charge in [-0.15, -0.1) is 0 Å². The molecule has 0 radical (unpaired) electrons. The van der Waals surface area contributed by atoms with E-state index in [4.69, 9.17) is 11.1 Å². The lowest BCUT2D eigenvalue weighted by Gasteiger charge is -2.16. The van der Waals surface area contributed by atoms with Crippen molar-refractivity contribution in [2.75, 3.05) is 0 Å². The predicted molar refractivity (Wildman–Crippen MR) is 69.9 cm³/mol. The highest BCUT2D eigenvalue weighted by molar-refractivity contribution is 7.89. The van der Waals surface area contributed by atoms with Crippen LogP contribution in [0.25, 0.3) is 0 Å². The molecule has 4 N–H and O–H groups in total. The highest BCUT2D eigenvalue weighted by Gasteiger charge is 2.36. The fourth-order valence-electron chi connectivity index (χ4n) is 1.86. The molecule has 2 rings (SSSR count). The van der Waals surface area contributed by atoms with Crippen molar-refractivity contribution < 1.29 is 8.42 Å². The van der Waals surface area contributed by atoms with Crippen LogP contribution >= 0.6 is 0 Å². The molecule has 1 saturated carbocycles. The van der Waals surface area contributed by atoms with Crippen LogP contribution in [0, 0.1) is 18.3 Å². The second-order valence-electron chi connectivity index (χ2n) is 4.71. The van der Waals surface area contributed by atoms with Gasteiger partial charge in [-0.25, -0.2) is 13.1 Å². The lowest BCUT2D eigenvalue weighted by Crippen LogP contribution is -2.45. The minimum absolute atomic E-state index is 0.117. The Morgan fingerprint density at radius 1 is 1.50 bits per heavy atom. The van der Waals surface area contributed by atoms with E-state index in [0.29, 0.717) is 0 Å². The monoisotopic (exact) mass is 267 g/mol. The summed E-state index contributed by atoms with van der Waals surface area (Å²) in [7, 11) is -3.60. The van der Waals surface area contributed by atoms with Crippen LogP contribution in [-0.4, -0.2) is 20.3 Å². The molecule has 1 aliphatic rings. The third kappa shape index (κ3) is 2.88. The molecular weight excluding hydrogens is 250 g/mol. The molecule has 5 nitrogen and oxygen atoms in total. The van der Waals surface area contributed by atoms with Gasteiger partial charge in [0.05, 0.1) is 10.9 Å². The molecule has 1 atom stereocenters. The van der Waals surface area contributed by atoms with Crippen LogP contribution in [0.5, 0.6) is 0 Å². The first-order valence-corrected chi connectivity index (χ1v) is 7.31. The number of rotatable bonds is 5. The lowest BCUT2D eigenvalue weighted by molar-refractivity contribution is 0.563. The number of hydrogen-bond acceptors (Lipinski definition) is 3. The molecule has 18 heavy (non-hydrogen) atoms. The molecule has 1 aromatic rings. The van der Waals surface area contributed by atoms with Crippen LogP contribution in [0.4, 0.5) is 0 Å². The Morgan fingerprint density at radius 2 is 2.17 bits per heavy atom. The lowest BCUT2D eigenvalue weighted by atomic mass is 10.2. The van der Waals surface area contributed by atoms with Crippen molar-refractivity contribution in [1.29, 1.82) is 5.41 Å². The maximum Gasteiger partial charge on any atom is 0.241 e. The van der Waals surface area contributed by atoms with E-state index in [9.17, 15) is 8.42 Å². The van der Waals surface area contributed by atoms with Gasteiger partial charge in [0, 0.05) is 0 Å². The van der Waals surface area contributed by atoms with Gasteiger partial charge in [-0.1, -0.05) is 12.1 Å². The van der Waals surface area contributed by atoms with Crippen molar-refractivity contribution in [3.8, 4) is 0 Å². The topological polar surface area (TPSA) is 96.0 Å². The van der Waals surface area contributed by atoms with Gasteiger partial charge in [-0.05, 0) is 43.4 Å². The number of hydrogen-bond donors (Lipinski definition) is 3. The van der Waals surface area contributed by atoms with Crippen molar-refractivity contribution in [2.24, 2.45) is 11.7 Å².